The molecule has 27 heavy (non-hydrogen) atoms. The van der Waals surface area contributed by atoms with Crippen LogP contribution in [-0.2, 0) is 22.9 Å². The number of aromatic nitrogens is 1. The molecule has 136 valence electrons. The number of sulfonamides is 1. The first-order valence-electron chi connectivity index (χ1n) is 8.82. The Morgan fingerprint density at radius 2 is 1.74 bits per heavy atom. The summed E-state index contributed by atoms with van der Waals surface area (Å²) in [6.45, 7) is 0. The van der Waals surface area contributed by atoms with Gasteiger partial charge in [0.15, 0.2) is 0 Å². The lowest BCUT2D eigenvalue weighted by atomic mass is 9.95. The summed E-state index contributed by atoms with van der Waals surface area (Å²) in [5, 5.41) is 0. The van der Waals surface area contributed by atoms with Crippen LogP contribution in [0.2, 0.25) is 0 Å². The molecule has 0 aliphatic heterocycles. The van der Waals surface area contributed by atoms with Gasteiger partial charge in [-0.3, -0.25) is 9.71 Å². The van der Waals surface area contributed by atoms with E-state index in [9.17, 15) is 8.42 Å². The smallest absolute Gasteiger partial charge is 0.229 e. The highest BCUT2D eigenvalue weighted by atomic mass is 32.2. The topological polar surface area (TPSA) is 59.1 Å². The summed E-state index contributed by atoms with van der Waals surface area (Å²) >= 11 is 0. The van der Waals surface area contributed by atoms with Crippen molar-refractivity contribution in [3.05, 3.63) is 94.8 Å². The number of nitrogens with zero attached hydrogens (tertiary/aromatic N) is 1. The summed E-state index contributed by atoms with van der Waals surface area (Å²) < 4.78 is 25.6. The maximum absolute atomic E-state index is 11.5. The first-order valence-corrected chi connectivity index (χ1v) is 10.7. The van der Waals surface area contributed by atoms with Crippen LogP contribution in [0.5, 0.6) is 0 Å². The maximum atomic E-state index is 11.5. The number of fused-ring (bicyclic) bond motifs is 2. The van der Waals surface area contributed by atoms with Gasteiger partial charge in [0.05, 0.1) is 11.9 Å². The highest BCUT2D eigenvalue weighted by molar-refractivity contribution is 7.92. The lowest BCUT2D eigenvalue weighted by Crippen LogP contribution is -2.09. The first-order chi connectivity index (χ1) is 13.0. The van der Waals surface area contributed by atoms with Crippen LogP contribution in [0.4, 0.5) is 5.69 Å². The molecule has 0 unspecified atom stereocenters. The van der Waals surface area contributed by atoms with Crippen molar-refractivity contribution in [3.8, 4) is 0 Å². The highest BCUT2D eigenvalue weighted by Gasteiger charge is 2.18. The Balaban J connectivity index is 1.87. The van der Waals surface area contributed by atoms with Gasteiger partial charge in [0.2, 0.25) is 10.0 Å². The minimum atomic E-state index is -3.31. The van der Waals surface area contributed by atoms with Crippen molar-refractivity contribution in [1.82, 2.24) is 4.98 Å². The zero-order valence-electron chi connectivity index (χ0n) is 15.0. The monoisotopic (exact) mass is 376 g/mol. The van der Waals surface area contributed by atoms with E-state index in [-0.39, 0.29) is 0 Å². The summed E-state index contributed by atoms with van der Waals surface area (Å²) in [6.07, 6.45) is 6.99. The molecule has 4 nitrogen and oxygen atoms in total. The Kier molecular flexibility index (Phi) is 4.54. The van der Waals surface area contributed by atoms with Crippen molar-refractivity contribution in [1.29, 1.82) is 0 Å². The number of nitrogens with one attached hydrogen (secondary N) is 1. The van der Waals surface area contributed by atoms with Crippen LogP contribution in [0.3, 0.4) is 0 Å². The Bertz CT molecular complexity index is 1080. The molecule has 5 heteroatoms. The van der Waals surface area contributed by atoms with Gasteiger partial charge in [0.1, 0.15) is 0 Å². The van der Waals surface area contributed by atoms with Gasteiger partial charge in [-0.2, -0.15) is 0 Å². The quantitative estimate of drug-likeness (QED) is 0.747. The Hall–Kier alpha value is -2.92. The SMILES string of the molecule is CS(=O)(=O)Nc1cccc(/C=C2/c3ccccc3CCc3cccnc32)c1. The van der Waals surface area contributed by atoms with Crippen molar-refractivity contribution >= 4 is 27.4 Å². The Labute approximate surface area is 159 Å². The number of pyridine rings is 1. The van der Waals surface area contributed by atoms with E-state index in [1.165, 1.54) is 16.7 Å². The normalized spacial score (nSPS) is 14.9. The van der Waals surface area contributed by atoms with E-state index in [1.54, 1.807) is 6.07 Å². The van der Waals surface area contributed by atoms with Crippen LogP contribution in [-0.4, -0.2) is 19.7 Å². The average molecular weight is 376 g/mol. The third-order valence-electron chi connectivity index (χ3n) is 4.62. The third-order valence-corrected chi connectivity index (χ3v) is 5.22. The Morgan fingerprint density at radius 3 is 2.59 bits per heavy atom. The molecule has 3 aromatic rings. The number of hydrogen-bond donors (Lipinski definition) is 1. The van der Waals surface area contributed by atoms with E-state index in [0.29, 0.717) is 5.69 Å². The lowest BCUT2D eigenvalue weighted by molar-refractivity contribution is 0.607. The fourth-order valence-electron chi connectivity index (χ4n) is 3.50. The molecular formula is C22H20N2O2S. The molecule has 1 heterocycles. The van der Waals surface area contributed by atoms with E-state index in [1.807, 2.05) is 36.5 Å². The first kappa shape index (κ1) is 17.5. The predicted molar refractivity (Wildman–Crippen MR) is 110 cm³/mol. The number of hydrogen-bond acceptors (Lipinski definition) is 3. The number of rotatable bonds is 3. The molecule has 0 spiro atoms. The summed E-state index contributed by atoms with van der Waals surface area (Å²) in [4.78, 5) is 4.66. The van der Waals surface area contributed by atoms with E-state index in [4.69, 9.17) is 0 Å². The molecule has 4 rings (SSSR count). The number of benzene rings is 2. The van der Waals surface area contributed by atoms with E-state index >= 15 is 0 Å². The summed E-state index contributed by atoms with van der Waals surface area (Å²) in [5.41, 5.74) is 7.23. The van der Waals surface area contributed by atoms with Crippen LogP contribution >= 0.6 is 0 Å². The van der Waals surface area contributed by atoms with Crippen molar-refractivity contribution in [3.63, 3.8) is 0 Å². The molecular weight excluding hydrogens is 356 g/mol. The summed E-state index contributed by atoms with van der Waals surface area (Å²) in [7, 11) is -3.31. The van der Waals surface area contributed by atoms with Crippen LogP contribution < -0.4 is 4.72 Å². The lowest BCUT2D eigenvalue weighted by Gasteiger charge is -2.11. The summed E-state index contributed by atoms with van der Waals surface area (Å²) in [6, 6.07) is 19.9. The zero-order valence-corrected chi connectivity index (χ0v) is 15.8. The van der Waals surface area contributed by atoms with Crippen molar-refractivity contribution in [2.75, 3.05) is 11.0 Å². The van der Waals surface area contributed by atoms with Crippen LogP contribution in [0.1, 0.15) is 27.9 Å². The van der Waals surface area contributed by atoms with Crippen molar-refractivity contribution < 1.29 is 8.42 Å². The van der Waals surface area contributed by atoms with Gasteiger partial charge < -0.3 is 0 Å². The molecule has 0 saturated heterocycles. The second-order valence-electron chi connectivity index (χ2n) is 6.73. The molecule has 0 saturated carbocycles. The highest BCUT2D eigenvalue weighted by Crippen LogP contribution is 2.33. The van der Waals surface area contributed by atoms with Crippen LogP contribution in [0.25, 0.3) is 11.6 Å². The Morgan fingerprint density at radius 1 is 0.963 bits per heavy atom. The second-order valence-corrected chi connectivity index (χ2v) is 8.47. The molecule has 0 atom stereocenters. The van der Waals surface area contributed by atoms with Gasteiger partial charge in [-0.25, -0.2) is 8.42 Å². The minimum absolute atomic E-state index is 0.551. The largest absolute Gasteiger partial charge is 0.284 e. The molecule has 0 amide bonds. The van der Waals surface area contributed by atoms with E-state index in [2.05, 4.69) is 40.0 Å². The molecule has 0 bridgehead atoms. The van der Waals surface area contributed by atoms with Gasteiger partial charge in [0.25, 0.3) is 0 Å². The summed E-state index contributed by atoms with van der Waals surface area (Å²) in [5.74, 6) is 0. The van der Waals surface area contributed by atoms with Gasteiger partial charge in [-0.15, -0.1) is 0 Å². The predicted octanol–water partition coefficient (Wildman–Crippen LogP) is 4.14. The van der Waals surface area contributed by atoms with Crippen LogP contribution in [0, 0.1) is 0 Å². The molecule has 1 aliphatic rings. The van der Waals surface area contributed by atoms with Gasteiger partial charge in [-0.05, 0) is 59.4 Å². The second kappa shape index (κ2) is 7.00. The van der Waals surface area contributed by atoms with Crippen LogP contribution in [0.15, 0.2) is 66.9 Å². The fourth-order valence-corrected chi connectivity index (χ4v) is 4.05. The van der Waals surface area contributed by atoms with Gasteiger partial charge in [0, 0.05) is 17.5 Å². The number of anilines is 1. The van der Waals surface area contributed by atoms with E-state index in [0.717, 1.165) is 35.9 Å². The van der Waals surface area contributed by atoms with Crippen molar-refractivity contribution in [2.24, 2.45) is 0 Å². The number of aryl methyl sites for hydroxylation is 2. The zero-order chi connectivity index (χ0) is 18.9. The standard InChI is InChI=1S/C22H20N2O2S/c1-27(25,26)24-19-9-4-6-16(14-19)15-21-20-10-3-2-7-17(20)11-12-18-8-5-13-23-22(18)21/h2-10,13-15,24H,11-12H2,1H3/b21-15-. The van der Waals surface area contributed by atoms with Gasteiger partial charge >= 0.3 is 0 Å². The van der Waals surface area contributed by atoms with Gasteiger partial charge in [-0.1, -0.05) is 42.5 Å². The molecule has 1 N–H and O–H groups in total. The maximum Gasteiger partial charge on any atom is 0.229 e. The van der Waals surface area contributed by atoms with Crippen molar-refractivity contribution in [2.45, 2.75) is 12.8 Å². The molecule has 0 radical (unpaired) electrons. The van der Waals surface area contributed by atoms with E-state index < -0.39 is 10.0 Å². The molecule has 2 aromatic carbocycles. The third kappa shape index (κ3) is 3.93. The average Bonchev–Trinajstić information content (AvgIpc) is 2.79. The fraction of sp³-hybridized carbons (Fsp3) is 0.136. The minimum Gasteiger partial charge on any atom is -0.284 e. The molecule has 1 aliphatic carbocycles. The molecule has 1 aromatic heterocycles. The molecule has 0 fully saturated rings.